The summed E-state index contributed by atoms with van der Waals surface area (Å²) in [6.07, 6.45) is 1.34. The third-order valence-corrected chi connectivity index (χ3v) is 7.35. The molecule has 0 spiro atoms. The molecule has 1 rings (SSSR count). The minimum absolute atomic E-state index is 0.0730. The van der Waals surface area contributed by atoms with Gasteiger partial charge in [0, 0.05) is 0 Å². The van der Waals surface area contributed by atoms with Crippen LogP contribution in [0.25, 0.3) is 0 Å². The van der Waals surface area contributed by atoms with E-state index < -0.39 is 29.3 Å². The Morgan fingerprint density at radius 2 is 2.06 bits per heavy atom. The summed E-state index contributed by atoms with van der Waals surface area (Å²) < 4.78 is 5.06. The first-order chi connectivity index (χ1) is 7.77. The quantitative estimate of drug-likeness (QED) is 0.357. The molecule has 0 unspecified atom stereocenters. The van der Waals surface area contributed by atoms with Crippen molar-refractivity contribution in [1.82, 2.24) is 4.98 Å². The van der Waals surface area contributed by atoms with Crippen molar-refractivity contribution in [2.24, 2.45) is 0 Å². The Bertz CT molecular complexity index is 468. The van der Waals surface area contributed by atoms with Crippen LogP contribution in [-0.2, 0) is 4.74 Å². The number of rotatable bonds is 3. The SMILES string of the molecule is COC(=O)c1cn[c]([Sn]([CH3])([CH3])[CH3])c([N+](=O)[O-])c1. The summed E-state index contributed by atoms with van der Waals surface area (Å²) in [5.74, 6) is -0.615. The van der Waals surface area contributed by atoms with E-state index in [1.54, 1.807) is 0 Å². The van der Waals surface area contributed by atoms with Gasteiger partial charge in [-0.25, -0.2) is 0 Å². The Labute approximate surface area is 103 Å². The van der Waals surface area contributed by atoms with E-state index in [2.05, 4.69) is 9.72 Å². The van der Waals surface area contributed by atoms with Crippen LogP contribution in [0, 0.1) is 10.1 Å². The van der Waals surface area contributed by atoms with E-state index >= 15 is 0 Å². The van der Waals surface area contributed by atoms with Crippen LogP contribution in [0.15, 0.2) is 12.3 Å². The molecular formula is C10H14N2O4Sn. The second-order valence-corrected chi connectivity index (χ2v) is 18.8. The number of aromatic nitrogens is 1. The number of pyridine rings is 1. The minimum atomic E-state index is -2.66. The van der Waals surface area contributed by atoms with Crippen LogP contribution >= 0.6 is 0 Å². The van der Waals surface area contributed by atoms with Crippen molar-refractivity contribution < 1.29 is 14.5 Å². The first kappa shape index (κ1) is 13.9. The molecule has 0 aromatic carbocycles. The summed E-state index contributed by atoms with van der Waals surface area (Å²) in [5.41, 5.74) is 0.0367. The molecule has 0 fully saturated rings. The van der Waals surface area contributed by atoms with Crippen LogP contribution in [0.1, 0.15) is 10.4 Å². The van der Waals surface area contributed by atoms with Crippen molar-refractivity contribution >= 4 is 33.7 Å². The average Bonchev–Trinajstić information content (AvgIpc) is 2.25. The van der Waals surface area contributed by atoms with E-state index in [0.717, 1.165) is 0 Å². The second-order valence-electron chi connectivity index (χ2n) is 4.59. The van der Waals surface area contributed by atoms with E-state index in [9.17, 15) is 14.9 Å². The summed E-state index contributed by atoms with van der Waals surface area (Å²) in [7, 11) is 1.23. The van der Waals surface area contributed by atoms with Crippen molar-refractivity contribution in [3.8, 4) is 0 Å². The summed E-state index contributed by atoms with van der Waals surface area (Å²) in [6, 6.07) is 1.25. The maximum absolute atomic E-state index is 11.3. The van der Waals surface area contributed by atoms with Crippen LogP contribution in [-0.4, -0.2) is 41.4 Å². The van der Waals surface area contributed by atoms with Crippen molar-refractivity contribution in [2.75, 3.05) is 7.11 Å². The Kier molecular flexibility index (Phi) is 4.07. The van der Waals surface area contributed by atoms with Gasteiger partial charge in [-0.1, -0.05) is 0 Å². The Morgan fingerprint density at radius 1 is 1.47 bits per heavy atom. The zero-order valence-electron chi connectivity index (χ0n) is 10.2. The fraction of sp³-hybridized carbons (Fsp3) is 0.400. The number of carbonyl (C=O) groups excluding carboxylic acids is 1. The maximum atomic E-state index is 11.3. The van der Waals surface area contributed by atoms with Gasteiger partial charge in [0.2, 0.25) is 0 Å². The van der Waals surface area contributed by atoms with Gasteiger partial charge in [-0.2, -0.15) is 0 Å². The number of methoxy groups -OCH3 is 1. The molecule has 17 heavy (non-hydrogen) atoms. The number of carbonyl (C=O) groups is 1. The molecule has 1 heterocycles. The molecule has 92 valence electrons. The Balaban J connectivity index is 3.37. The number of esters is 1. The van der Waals surface area contributed by atoms with Gasteiger partial charge in [-0.3, -0.25) is 0 Å². The topological polar surface area (TPSA) is 82.3 Å². The zero-order valence-corrected chi connectivity index (χ0v) is 13.0. The molecule has 0 saturated carbocycles. The third-order valence-electron chi connectivity index (χ3n) is 2.20. The number of hydrogen-bond donors (Lipinski definition) is 0. The van der Waals surface area contributed by atoms with E-state index in [0.29, 0.717) is 3.71 Å². The number of ether oxygens (including phenoxy) is 1. The van der Waals surface area contributed by atoms with Gasteiger partial charge < -0.3 is 0 Å². The third kappa shape index (κ3) is 3.15. The second kappa shape index (κ2) is 4.99. The molecule has 0 bridgehead atoms. The summed E-state index contributed by atoms with van der Waals surface area (Å²) in [6.45, 7) is 0. The zero-order chi connectivity index (χ0) is 13.2. The van der Waals surface area contributed by atoms with Crippen molar-refractivity contribution in [3.05, 3.63) is 27.9 Å². The van der Waals surface area contributed by atoms with Crippen LogP contribution in [0.4, 0.5) is 5.69 Å². The van der Waals surface area contributed by atoms with Gasteiger partial charge in [-0.05, 0) is 0 Å². The van der Waals surface area contributed by atoms with E-state index in [-0.39, 0.29) is 11.3 Å². The number of nitrogens with zero attached hydrogens (tertiary/aromatic N) is 2. The molecule has 0 aliphatic carbocycles. The molecule has 0 atom stereocenters. The molecule has 0 aliphatic rings. The van der Waals surface area contributed by atoms with Gasteiger partial charge in [0.15, 0.2) is 0 Å². The fourth-order valence-corrected chi connectivity index (χ4v) is 5.35. The summed E-state index contributed by atoms with van der Waals surface area (Å²) >= 11 is -2.66. The molecule has 0 saturated heterocycles. The summed E-state index contributed by atoms with van der Waals surface area (Å²) in [5, 5.41) is 11.0. The summed E-state index contributed by atoms with van der Waals surface area (Å²) in [4.78, 5) is 32.0. The van der Waals surface area contributed by atoms with E-state index in [4.69, 9.17) is 0 Å². The predicted molar refractivity (Wildman–Crippen MR) is 65.2 cm³/mol. The first-order valence-corrected chi connectivity index (χ1v) is 15.0. The molecule has 0 radical (unpaired) electrons. The first-order valence-electron chi connectivity index (χ1n) is 5.00. The van der Waals surface area contributed by atoms with Gasteiger partial charge in [-0.15, -0.1) is 0 Å². The monoisotopic (exact) mass is 346 g/mol. The fourth-order valence-electron chi connectivity index (χ4n) is 1.40. The average molecular weight is 345 g/mol. The normalized spacial score (nSPS) is 11.1. The van der Waals surface area contributed by atoms with Crippen LogP contribution in [0.3, 0.4) is 0 Å². The molecule has 0 N–H and O–H groups in total. The van der Waals surface area contributed by atoms with Gasteiger partial charge >= 0.3 is 103 Å². The molecule has 7 heteroatoms. The van der Waals surface area contributed by atoms with Crippen molar-refractivity contribution in [3.63, 3.8) is 0 Å². The van der Waals surface area contributed by atoms with Crippen molar-refractivity contribution in [1.29, 1.82) is 0 Å². The van der Waals surface area contributed by atoms with E-state index in [1.807, 2.05) is 14.8 Å². The van der Waals surface area contributed by atoms with Gasteiger partial charge in [0.1, 0.15) is 0 Å². The number of nitro groups is 1. The van der Waals surface area contributed by atoms with E-state index in [1.165, 1.54) is 19.4 Å². The molecule has 1 aromatic rings. The van der Waals surface area contributed by atoms with Crippen LogP contribution in [0.5, 0.6) is 0 Å². The van der Waals surface area contributed by atoms with Gasteiger partial charge in [0.25, 0.3) is 0 Å². The molecular weight excluding hydrogens is 331 g/mol. The number of hydrogen-bond acceptors (Lipinski definition) is 5. The molecule has 6 nitrogen and oxygen atoms in total. The van der Waals surface area contributed by atoms with Crippen LogP contribution < -0.4 is 3.71 Å². The van der Waals surface area contributed by atoms with Crippen LogP contribution in [0.2, 0.25) is 14.8 Å². The van der Waals surface area contributed by atoms with Crippen molar-refractivity contribution in [2.45, 2.75) is 14.8 Å². The molecule has 1 aromatic heterocycles. The Hall–Kier alpha value is -1.18. The Morgan fingerprint density at radius 3 is 2.47 bits per heavy atom. The molecule has 0 aliphatic heterocycles. The predicted octanol–water partition coefficient (Wildman–Crippen LogP) is 1.32. The standard InChI is InChI=1S/C7H5N2O4.3CH3.Sn/c1-13-7(10)5-2-6(9(11)12)4-8-3-5;;;;/h2-3H,1H3;3*1H3;. The molecule has 0 amide bonds. The van der Waals surface area contributed by atoms with Gasteiger partial charge in [0.05, 0.1) is 0 Å².